The van der Waals surface area contributed by atoms with E-state index in [0.717, 1.165) is 0 Å². The lowest BCUT2D eigenvalue weighted by atomic mass is 9.85. The molecular formula is C14H20N2. The van der Waals surface area contributed by atoms with E-state index in [0.29, 0.717) is 12.1 Å². The van der Waals surface area contributed by atoms with Crippen LogP contribution >= 0.6 is 0 Å². The van der Waals surface area contributed by atoms with Crippen LogP contribution in [0.5, 0.6) is 0 Å². The minimum Gasteiger partial charge on any atom is -0.312 e. The van der Waals surface area contributed by atoms with Crippen LogP contribution in [-0.4, -0.2) is 25.0 Å². The van der Waals surface area contributed by atoms with Gasteiger partial charge in [0.25, 0.3) is 0 Å². The topological polar surface area (TPSA) is 15.3 Å². The Morgan fingerprint density at radius 3 is 2.81 bits per heavy atom. The number of nitrogens with one attached hydrogen (secondary N) is 1. The monoisotopic (exact) mass is 216 g/mol. The van der Waals surface area contributed by atoms with Crippen LogP contribution in [-0.2, 0) is 0 Å². The van der Waals surface area contributed by atoms with Gasteiger partial charge in [0.1, 0.15) is 0 Å². The molecule has 1 fully saturated rings. The summed E-state index contributed by atoms with van der Waals surface area (Å²) in [4.78, 5) is 2.66. The van der Waals surface area contributed by atoms with Gasteiger partial charge in [0.05, 0.1) is 0 Å². The number of nitrogens with zero attached hydrogens (tertiary/aromatic N) is 1. The molecule has 86 valence electrons. The van der Waals surface area contributed by atoms with Crippen molar-refractivity contribution in [1.29, 1.82) is 0 Å². The van der Waals surface area contributed by atoms with E-state index in [4.69, 9.17) is 0 Å². The van der Waals surface area contributed by atoms with E-state index in [1.807, 2.05) is 0 Å². The summed E-state index contributed by atoms with van der Waals surface area (Å²) in [5.41, 5.74) is 3.08. The van der Waals surface area contributed by atoms with E-state index in [-0.39, 0.29) is 0 Å². The van der Waals surface area contributed by atoms with Crippen molar-refractivity contribution in [3.05, 3.63) is 35.4 Å². The van der Waals surface area contributed by atoms with Gasteiger partial charge in [-0.1, -0.05) is 30.7 Å². The second kappa shape index (κ2) is 4.19. The average molecular weight is 216 g/mol. The number of hydrogen-bond acceptors (Lipinski definition) is 2. The fraction of sp³-hybridized carbons (Fsp3) is 0.571. The highest BCUT2D eigenvalue weighted by Gasteiger charge is 2.33. The molecule has 2 heterocycles. The molecule has 16 heavy (non-hydrogen) atoms. The Labute approximate surface area is 97.6 Å². The second-order valence-electron chi connectivity index (χ2n) is 4.98. The van der Waals surface area contributed by atoms with Crippen molar-refractivity contribution in [3.8, 4) is 0 Å². The Hall–Kier alpha value is -0.860. The predicted octanol–water partition coefficient (Wildman–Crippen LogP) is 2.49. The Morgan fingerprint density at radius 2 is 2.00 bits per heavy atom. The molecule has 2 aliphatic heterocycles. The molecule has 0 aliphatic carbocycles. The lowest BCUT2D eigenvalue weighted by Crippen LogP contribution is -2.43. The van der Waals surface area contributed by atoms with Gasteiger partial charge in [0, 0.05) is 18.6 Å². The SMILES string of the molecule is CNC1CN2CCCCC2c2ccccc21. The maximum absolute atomic E-state index is 3.45. The molecule has 2 atom stereocenters. The van der Waals surface area contributed by atoms with Crippen LogP contribution in [0.15, 0.2) is 24.3 Å². The quantitative estimate of drug-likeness (QED) is 0.776. The molecule has 0 amide bonds. The van der Waals surface area contributed by atoms with Crippen LogP contribution in [0.4, 0.5) is 0 Å². The molecule has 2 nitrogen and oxygen atoms in total. The maximum Gasteiger partial charge on any atom is 0.0450 e. The van der Waals surface area contributed by atoms with E-state index in [2.05, 4.69) is 41.5 Å². The molecule has 0 aromatic heterocycles. The smallest absolute Gasteiger partial charge is 0.0450 e. The third-order valence-electron chi connectivity index (χ3n) is 4.11. The Bertz CT molecular complexity index is 375. The molecule has 1 saturated heterocycles. The van der Waals surface area contributed by atoms with Crippen molar-refractivity contribution in [1.82, 2.24) is 10.2 Å². The molecule has 2 aliphatic rings. The Balaban J connectivity index is 2.01. The zero-order valence-electron chi connectivity index (χ0n) is 9.95. The number of piperidine rings is 1. The molecule has 2 unspecified atom stereocenters. The number of likely N-dealkylation sites (N-methyl/N-ethyl adjacent to an activating group) is 1. The summed E-state index contributed by atoms with van der Waals surface area (Å²) >= 11 is 0. The van der Waals surface area contributed by atoms with Gasteiger partial charge in [-0.25, -0.2) is 0 Å². The number of benzene rings is 1. The summed E-state index contributed by atoms with van der Waals surface area (Å²) in [6.45, 7) is 2.45. The predicted molar refractivity (Wildman–Crippen MR) is 66.4 cm³/mol. The van der Waals surface area contributed by atoms with Gasteiger partial charge in [-0.15, -0.1) is 0 Å². The van der Waals surface area contributed by atoms with Gasteiger partial charge in [0.2, 0.25) is 0 Å². The first-order valence-electron chi connectivity index (χ1n) is 6.40. The summed E-state index contributed by atoms with van der Waals surface area (Å²) < 4.78 is 0. The highest BCUT2D eigenvalue weighted by molar-refractivity contribution is 5.35. The highest BCUT2D eigenvalue weighted by Crippen LogP contribution is 2.39. The third-order valence-corrected chi connectivity index (χ3v) is 4.11. The summed E-state index contributed by atoms with van der Waals surface area (Å²) in [6, 6.07) is 10.2. The first-order valence-corrected chi connectivity index (χ1v) is 6.40. The van der Waals surface area contributed by atoms with Crippen LogP contribution in [0, 0.1) is 0 Å². The first kappa shape index (κ1) is 10.3. The molecule has 2 heteroatoms. The standard InChI is InChI=1S/C14H20N2/c1-15-13-10-16-9-5-4-8-14(16)12-7-3-2-6-11(12)13/h2-3,6-7,13-15H,4-5,8-10H2,1H3. The molecule has 1 N–H and O–H groups in total. The fourth-order valence-corrected chi connectivity index (χ4v) is 3.27. The summed E-state index contributed by atoms with van der Waals surface area (Å²) in [5, 5.41) is 3.45. The Morgan fingerprint density at radius 1 is 1.19 bits per heavy atom. The van der Waals surface area contributed by atoms with Crippen molar-refractivity contribution in [2.24, 2.45) is 0 Å². The van der Waals surface area contributed by atoms with E-state index in [1.54, 1.807) is 5.56 Å². The maximum atomic E-state index is 3.45. The molecular weight excluding hydrogens is 196 g/mol. The zero-order chi connectivity index (χ0) is 11.0. The van der Waals surface area contributed by atoms with Gasteiger partial charge in [-0.2, -0.15) is 0 Å². The molecule has 1 aromatic rings. The number of hydrogen-bond donors (Lipinski definition) is 1. The van der Waals surface area contributed by atoms with Gasteiger partial charge < -0.3 is 5.32 Å². The lowest BCUT2D eigenvalue weighted by molar-refractivity contribution is 0.119. The molecule has 3 rings (SSSR count). The van der Waals surface area contributed by atoms with E-state index in [9.17, 15) is 0 Å². The van der Waals surface area contributed by atoms with Crippen molar-refractivity contribution >= 4 is 0 Å². The van der Waals surface area contributed by atoms with Crippen LogP contribution in [0.2, 0.25) is 0 Å². The molecule has 0 saturated carbocycles. The zero-order valence-corrected chi connectivity index (χ0v) is 9.95. The summed E-state index contributed by atoms with van der Waals surface area (Å²) in [6.07, 6.45) is 4.10. The normalized spacial score (nSPS) is 29.6. The third kappa shape index (κ3) is 1.57. The second-order valence-corrected chi connectivity index (χ2v) is 4.98. The molecule has 1 aromatic carbocycles. The minimum absolute atomic E-state index is 0.519. The van der Waals surface area contributed by atoms with Gasteiger partial charge in [0.15, 0.2) is 0 Å². The number of rotatable bonds is 1. The van der Waals surface area contributed by atoms with Crippen molar-refractivity contribution < 1.29 is 0 Å². The van der Waals surface area contributed by atoms with Crippen molar-refractivity contribution in [2.45, 2.75) is 31.3 Å². The van der Waals surface area contributed by atoms with Crippen LogP contribution < -0.4 is 5.32 Å². The number of fused-ring (bicyclic) bond motifs is 3. The van der Waals surface area contributed by atoms with Crippen molar-refractivity contribution in [2.75, 3.05) is 20.1 Å². The van der Waals surface area contributed by atoms with Crippen molar-refractivity contribution in [3.63, 3.8) is 0 Å². The Kier molecular flexibility index (Phi) is 2.70. The van der Waals surface area contributed by atoms with E-state index >= 15 is 0 Å². The molecule has 0 bridgehead atoms. The van der Waals surface area contributed by atoms with Crippen LogP contribution in [0.1, 0.15) is 42.5 Å². The lowest BCUT2D eigenvalue weighted by Gasteiger charge is -2.43. The van der Waals surface area contributed by atoms with Gasteiger partial charge in [-0.05, 0) is 37.6 Å². The average Bonchev–Trinajstić information content (AvgIpc) is 2.38. The van der Waals surface area contributed by atoms with E-state index in [1.165, 1.54) is 37.9 Å². The largest absolute Gasteiger partial charge is 0.312 e. The minimum atomic E-state index is 0.519. The highest BCUT2D eigenvalue weighted by atomic mass is 15.2. The fourth-order valence-electron chi connectivity index (χ4n) is 3.27. The molecule has 0 radical (unpaired) electrons. The summed E-state index contributed by atoms with van der Waals surface area (Å²) in [7, 11) is 2.08. The van der Waals surface area contributed by atoms with Crippen LogP contribution in [0.25, 0.3) is 0 Å². The molecule has 0 spiro atoms. The van der Waals surface area contributed by atoms with Gasteiger partial charge in [-0.3, -0.25) is 4.90 Å². The van der Waals surface area contributed by atoms with Gasteiger partial charge >= 0.3 is 0 Å². The van der Waals surface area contributed by atoms with Crippen LogP contribution in [0.3, 0.4) is 0 Å². The van der Waals surface area contributed by atoms with E-state index < -0.39 is 0 Å². The summed E-state index contributed by atoms with van der Waals surface area (Å²) in [5.74, 6) is 0. The first-order chi connectivity index (χ1) is 7.90.